The summed E-state index contributed by atoms with van der Waals surface area (Å²) in [5, 5.41) is 19.2. The van der Waals surface area contributed by atoms with Crippen LogP contribution in [0.2, 0.25) is 10.0 Å². The van der Waals surface area contributed by atoms with Crippen LogP contribution < -0.4 is 4.74 Å². The van der Waals surface area contributed by atoms with Gasteiger partial charge in [0, 0.05) is 38.0 Å². The second-order valence-corrected chi connectivity index (χ2v) is 7.52. The van der Waals surface area contributed by atoms with Crippen molar-refractivity contribution in [2.24, 2.45) is 0 Å². The molecule has 0 fully saturated rings. The molecule has 0 radical (unpaired) electrons. The van der Waals surface area contributed by atoms with Crippen molar-refractivity contribution in [2.75, 3.05) is 6.54 Å². The minimum absolute atomic E-state index is 0.0945. The van der Waals surface area contributed by atoms with Crippen LogP contribution in [-0.2, 0) is 19.5 Å². The van der Waals surface area contributed by atoms with Crippen molar-refractivity contribution < 1.29 is 9.66 Å². The van der Waals surface area contributed by atoms with Crippen LogP contribution in [0.15, 0.2) is 48.7 Å². The van der Waals surface area contributed by atoms with Crippen molar-refractivity contribution in [3.8, 4) is 11.5 Å². The Morgan fingerprint density at radius 3 is 2.62 bits per heavy atom. The Bertz CT molecular complexity index is 1040. The summed E-state index contributed by atoms with van der Waals surface area (Å²) in [6.45, 7) is 2.46. The van der Waals surface area contributed by atoms with E-state index >= 15 is 0 Å². The van der Waals surface area contributed by atoms with Gasteiger partial charge >= 0.3 is 0 Å². The van der Waals surface area contributed by atoms with Crippen LogP contribution in [-0.4, -0.2) is 26.6 Å². The van der Waals surface area contributed by atoms with Crippen LogP contribution in [0, 0.1) is 10.1 Å². The Morgan fingerprint density at radius 2 is 1.93 bits per heavy atom. The third-order valence-corrected chi connectivity index (χ3v) is 5.26. The topological polar surface area (TPSA) is 81.4 Å². The van der Waals surface area contributed by atoms with Gasteiger partial charge in [-0.15, -0.1) is 0 Å². The molecular formula is C20H16Cl2N4O3. The maximum absolute atomic E-state index is 10.9. The number of nitro benzene ring substituents is 1. The maximum atomic E-state index is 10.9. The first-order chi connectivity index (χ1) is 14.0. The molecule has 0 bridgehead atoms. The van der Waals surface area contributed by atoms with E-state index in [1.165, 1.54) is 23.3 Å². The summed E-state index contributed by atoms with van der Waals surface area (Å²) in [4.78, 5) is 12.7. The van der Waals surface area contributed by atoms with Gasteiger partial charge in [-0.1, -0.05) is 29.3 Å². The summed E-state index contributed by atoms with van der Waals surface area (Å²) >= 11 is 12.3. The molecule has 0 atom stereocenters. The highest BCUT2D eigenvalue weighted by Crippen LogP contribution is 2.40. The number of aromatic nitrogens is 2. The van der Waals surface area contributed by atoms with E-state index < -0.39 is 4.92 Å². The van der Waals surface area contributed by atoms with Crippen molar-refractivity contribution in [3.63, 3.8) is 0 Å². The Balaban J connectivity index is 1.49. The van der Waals surface area contributed by atoms with Crippen LogP contribution >= 0.6 is 23.2 Å². The molecule has 4 rings (SSSR count). The van der Waals surface area contributed by atoms with E-state index in [0.29, 0.717) is 5.75 Å². The first-order valence-electron chi connectivity index (χ1n) is 8.91. The van der Waals surface area contributed by atoms with Gasteiger partial charge in [0.2, 0.25) is 0 Å². The van der Waals surface area contributed by atoms with Gasteiger partial charge < -0.3 is 4.74 Å². The Hall–Kier alpha value is -2.74. The summed E-state index contributed by atoms with van der Waals surface area (Å²) < 4.78 is 5.84. The van der Waals surface area contributed by atoms with Gasteiger partial charge in [-0.3, -0.25) is 15.0 Å². The lowest BCUT2D eigenvalue weighted by Crippen LogP contribution is -2.30. The van der Waals surface area contributed by atoms with Crippen molar-refractivity contribution in [2.45, 2.75) is 19.5 Å². The standard InChI is InChI=1S/C20H16Cl2N4O3/c21-18-9-16(26(27)28)10-19(22)20(18)29-17-4-3-14-11-25(7-5-13(14)8-17)12-15-2-1-6-23-24-15/h1-4,6,8-10H,5,7,11-12H2. The Kier molecular flexibility index (Phi) is 5.62. The zero-order valence-corrected chi connectivity index (χ0v) is 16.7. The quantitative estimate of drug-likeness (QED) is 0.416. The molecule has 1 aliphatic heterocycles. The number of non-ortho nitro benzene ring substituents is 1. The van der Waals surface area contributed by atoms with Crippen LogP contribution in [0.1, 0.15) is 16.8 Å². The fourth-order valence-electron chi connectivity index (χ4n) is 3.30. The lowest BCUT2D eigenvalue weighted by atomic mass is 9.99. The van der Waals surface area contributed by atoms with Gasteiger partial charge in [0.1, 0.15) is 5.75 Å². The predicted octanol–water partition coefficient (Wildman–Crippen LogP) is 5.04. The van der Waals surface area contributed by atoms with Crippen LogP contribution in [0.5, 0.6) is 11.5 Å². The average molecular weight is 431 g/mol. The summed E-state index contributed by atoms with van der Waals surface area (Å²) in [7, 11) is 0. The van der Waals surface area contributed by atoms with Gasteiger partial charge in [-0.25, -0.2) is 0 Å². The largest absolute Gasteiger partial charge is 0.454 e. The lowest BCUT2D eigenvalue weighted by molar-refractivity contribution is -0.384. The number of rotatable bonds is 5. The minimum Gasteiger partial charge on any atom is -0.454 e. The number of nitro groups is 1. The molecule has 0 amide bonds. The minimum atomic E-state index is -0.548. The number of benzene rings is 2. The van der Waals surface area contributed by atoms with E-state index in [4.69, 9.17) is 27.9 Å². The third-order valence-electron chi connectivity index (χ3n) is 4.70. The van der Waals surface area contributed by atoms with Gasteiger partial charge in [0.05, 0.1) is 20.7 Å². The van der Waals surface area contributed by atoms with E-state index in [9.17, 15) is 10.1 Å². The summed E-state index contributed by atoms with van der Waals surface area (Å²) in [6.07, 6.45) is 2.54. The maximum Gasteiger partial charge on any atom is 0.272 e. The fourth-order valence-corrected chi connectivity index (χ4v) is 3.85. The first kappa shape index (κ1) is 19.6. The Morgan fingerprint density at radius 1 is 1.14 bits per heavy atom. The molecule has 9 heteroatoms. The normalized spacial score (nSPS) is 13.7. The smallest absolute Gasteiger partial charge is 0.272 e. The van der Waals surface area contributed by atoms with Crippen LogP contribution in [0.3, 0.4) is 0 Å². The molecule has 0 unspecified atom stereocenters. The van der Waals surface area contributed by atoms with Gasteiger partial charge in [-0.2, -0.15) is 10.2 Å². The molecular weight excluding hydrogens is 415 g/mol. The molecule has 1 aromatic heterocycles. The molecule has 2 aromatic carbocycles. The molecule has 29 heavy (non-hydrogen) atoms. The van der Waals surface area contributed by atoms with E-state index in [1.54, 1.807) is 6.20 Å². The molecule has 0 saturated heterocycles. The zero-order chi connectivity index (χ0) is 20.4. The molecule has 2 heterocycles. The summed E-state index contributed by atoms with van der Waals surface area (Å²) in [6, 6.07) is 12.1. The van der Waals surface area contributed by atoms with Crippen molar-refractivity contribution in [1.29, 1.82) is 0 Å². The van der Waals surface area contributed by atoms with Crippen LogP contribution in [0.25, 0.3) is 0 Å². The number of hydrogen-bond acceptors (Lipinski definition) is 6. The third kappa shape index (κ3) is 4.48. The highest BCUT2D eigenvalue weighted by atomic mass is 35.5. The molecule has 0 aliphatic carbocycles. The number of nitrogens with zero attached hydrogens (tertiary/aromatic N) is 4. The molecule has 0 saturated carbocycles. The number of halogens is 2. The Labute approximate surface area is 177 Å². The predicted molar refractivity (Wildman–Crippen MR) is 109 cm³/mol. The second kappa shape index (κ2) is 8.32. The fraction of sp³-hybridized carbons (Fsp3) is 0.200. The first-order valence-corrected chi connectivity index (χ1v) is 9.67. The van der Waals surface area contributed by atoms with Crippen molar-refractivity contribution in [1.82, 2.24) is 15.1 Å². The van der Waals surface area contributed by atoms with E-state index in [1.807, 2.05) is 30.3 Å². The molecule has 7 nitrogen and oxygen atoms in total. The summed E-state index contributed by atoms with van der Waals surface area (Å²) in [5.74, 6) is 0.794. The highest BCUT2D eigenvalue weighted by molar-refractivity contribution is 6.37. The zero-order valence-electron chi connectivity index (χ0n) is 15.2. The second-order valence-electron chi connectivity index (χ2n) is 6.70. The van der Waals surface area contributed by atoms with Gasteiger partial charge in [-0.05, 0) is 41.8 Å². The van der Waals surface area contributed by atoms with E-state index in [-0.39, 0.29) is 21.5 Å². The molecule has 3 aromatic rings. The molecule has 1 aliphatic rings. The summed E-state index contributed by atoms with van der Waals surface area (Å²) in [5.41, 5.74) is 3.17. The van der Waals surface area contributed by atoms with Gasteiger partial charge in [0.15, 0.2) is 5.75 Å². The molecule has 0 N–H and O–H groups in total. The number of ether oxygens (including phenoxy) is 1. The SMILES string of the molecule is O=[N+]([O-])c1cc(Cl)c(Oc2ccc3c(c2)CCN(Cc2cccnn2)C3)c(Cl)c1. The number of hydrogen-bond donors (Lipinski definition) is 0. The monoisotopic (exact) mass is 430 g/mol. The molecule has 148 valence electrons. The molecule has 0 spiro atoms. The van der Waals surface area contributed by atoms with Crippen LogP contribution in [0.4, 0.5) is 5.69 Å². The average Bonchev–Trinajstić information content (AvgIpc) is 2.71. The number of fused-ring (bicyclic) bond motifs is 1. The highest BCUT2D eigenvalue weighted by Gasteiger charge is 2.20. The lowest BCUT2D eigenvalue weighted by Gasteiger charge is -2.28. The van der Waals surface area contributed by atoms with E-state index in [0.717, 1.165) is 31.7 Å². The van der Waals surface area contributed by atoms with Gasteiger partial charge in [0.25, 0.3) is 5.69 Å². The van der Waals surface area contributed by atoms with Crippen molar-refractivity contribution >= 4 is 28.9 Å². The van der Waals surface area contributed by atoms with E-state index in [2.05, 4.69) is 15.1 Å². The van der Waals surface area contributed by atoms with Crippen molar-refractivity contribution in [3.05, 3.63) is 85.6 Å².